The minimum absolute atomic E-state index is 0.0605. The molecule has 0 saturated carbocycles. The van der Waals surface area contributed by atoms with Crippen molar-refractivity contribution in [2.45, 2.75) is 25.3 Å². The summed E-state index contributed by atoms with van der Waals surface area (Å²) in [6.45, 7) is 2.63. The molecule has 2 unspecified atom stereocenters. The molecule has 0 bridgehead atoms. The van der Waals surface area contributed by atoms with Gasteiger partial charge in [0, 0.05) is 23.7 Å². The zero-order chi connectivity index (χ0) is 17.4. The van der Waals surface area contributed by atoms with Crippen LogP contribution in [0.1, 0.15) is 36.4 Å². The Kier molecular flexibility index (Phi) is 3.92. The van der Waals surface area contributed by atoms with Crippen molar-refractivity contribution in [2.75, 3.05) is 11.9 Å². The van der Waals surface area contributed by atoms with Gasteiger partial charge in [0.1, 0.15) is 5.75 Å². The molecule has 128 valence electrons. The Morgan fingerprint density at radius 2 is 2.16 bits per heavy atom. The molecule has 1 aliphatic carbocycles. The van der Waals surface area contributed by atoms with Crippen LogP contribution < -0.4 is 10.1 Å². The molecule has 25 heavy (non-hydrogen) atoms. The van der Waals surface area contributed by atoms with E-state index >= 15 is 0 Å². The van der Waals surface area contributed by atoms with E-state index in [2.05, 4.69) is 23.5 Å². The number of non-ortho nitro benzene ring substituents is 1. The van der Waals surface area contributed by atoms with Crippen molar-refractivity contribution in [3.8, 4) is 5.75 Å². The number of nitrogens with zero attached hydrogens (tertiary/aromatic N) is 1. The molecule has 2 aromatic carbocycles. The van der Waals surface area contributed by atoms with Crippen molar-refractivity contribution in [3.05, 3.63) is 75.9 Å². The summed E-state index contributed by atoms with van der Waals surface area (Å²) < 4.78 is 5.65. The third-order valence-electron chi connectivity index (χ3n) is 5.09. The summed E-state index contributed by atoms with van der Waals surface area (Å²) >= 11 is 0. The highest BCUT2D eigenvalue weighted by Gasteiger charge is 2.38. The summed E-state index contributed by atoms with van der Waals surface area (Å²) in [6.07, 6.45) is 5.43. The lowest BCUT2D eigenvalue weighted by molar-refractivity contribution is -0.384. The lowest BCUT2D eigenvalue weighted by atomic mass is 9.77. The van der Waals surface area contributed by atoms with Crippen molar-refractivity contribution in [3.63, 3.8) is 0 Å². The number of benzene rings is 2. The fourth-order valence-corrected chi connectivity index (χ4v) is 3.99. The normalized spacial score (nSPS) is 23.5. The van der Waals surface area contributed by atoms with Crippen LogP contribution in [0.4, 0.5) is 11.4 Å². The Labute approximate surface area is 146 Å². The van der Waals surface area contributed by atoms with E-state index in [1.54, 1.807) is 18.2 Å². The lowest BCUT2D eigenvalue weighted by Crippen LogP contribution is -2.29. The molecule has 5 nitrogen and oxygen atoms in total. The summed E-state index contributed by atoms with van der Waals surface area (Å²) in [5, 5.41) is 14.7. The highest BCUT2D eigenvalue weighted by Crippen LogP contribution is 2.50. The largest absolute Gasteiger partial charge is 0.494 e. The van der Waals surface area contributed by atoms with E-state index in [9.17, 15) is 10.1 Å². The second-order valence-electron chi connectivity index (χ2n) is 6.51. The molecule has 4 rings (SSSR count). The van der Waals surface area contributed by atoms with Gasteiger partial charge in [0.15, 0.2) is 0 Å². The minimum Gasteiger partial charge on any atom is -0.494 e. The summed E-state index contributed by atoms with van der Waals surface area (Å²) in [5.74, 6) is 1.54. The van der Waals surface area contributed by atoms with E-state index < -0.39 is 0 Å². The predicted octanol–water partition coefficient (Wildman–Crippen LogP) is 4.82. The lowest BCUT2D eigenvalue weighted by Gasteiger charge is -2.37. The molecule has 0 saturated heterocycles. The number of hydrogen-bond acceptors (Lipinski definition) is 4. The Bertz CT molecular complexity index is 847. The van der Waals surface area contributed by atoms with E-state index in [0.717, 1.165) is 23.4 Å². The maximum Gasteiger partial charge on any atom is 0.269 e. The van der Waals surface area contributed by atoms with Crippen molar-refractivity contribution in [1.29, 1.82) is 0 Å². The maximum atomic E-state index is 11.1. The summed E-state index contributed by atoms with van der Waals surface area (Å²) in [4.78, 5) is 10.8. The summed E-state index contributed by atoms with van der Waals surface area (Å²) in [6, 6.07) is 13.2. The average molecular weight is 336 g/mol. The number of fused-ring (bicyclic) bond motifs is 3. The average Bonchev–Trinajstić information content (AvgIpc) is 3.11. The SMILES string of the molecule is CCOc1ccc2c(c1)C1C=CCC1[C@@H](c1cccc([N+](=O)[O-])c1)N2. The Hall–Kier alpha value is -2.82. The third-order valence-corrected chi connectivity index (χ3v) is 5.09. The Balaban J connectivity index is 1.73. The molecule has 3 atom stereocenters. The van der Waals surface area contributed by atoms with Gasteiger partial charge in [-0.05, 0) is 48.6 Å². The molecule has 0 fully saturated rings. The van der Waals surface area contributed by atoms with Crippen LogP contribution in [-0.2, 0) is 0 Å². The van der Waals surface area contributed by atoms with Gasteiger partial charge in [0.05, 0.1) is 17.6 Å². The van der Waals surface area contributed by atoms with E-state index in [-0.39, 0.29) is 16.7 Å². The van der Waals surface area contributed by atoms with Crippen LogP contribution in [-0.4, -0.2) is 11.5 Å². The fraction of sp³-hybridized carbons (Fsp3) is 0.300. The Morgan fingerprint density at radius 3 is 2.96 bits per heavy atom. The molecule has 5 heteroatoms. The number of nitro benzene ring substituents is 1. The van der Waals surface area contributed by atoms with Gasteiger partial charge in [0.2, 0.25) is 0 Å². The van der Waals surface area contributed by atoms with E-state index in [4.69, 9.17) is 4.74 Å². The first-order valence-electron chi connectivity index (χ1n) is 8.61. The number of allylic oxidation sites excluding steroid dienone is 2. The van der Waals surface area contributed by atoms with Gasteiger partial charge in [-0.25, -0.2) is 0 Å². The maximum absolute atomic E-state index is 11.1. The zero-order valence-corrected chi connectivity index (χ0v) is 14.0. The summed E-state index contributed by atoms with van der Waals surface area (Å²) in [5.41, 5.74) is 3.42. The second kappa shape index (κ2) is 6.24. The van der Waals surface area contributed by atoms with Crippen LogP contribution in [0.2, 0.25) is 0 Å². The molecule has 0 amide bonds. The van der Waals surface area contributed by atoms with Gasteiger partial charge in [-0.3, -0.25) is 10.1 Å². The Morgan fingerprint density at radius 1 is 1.28 bits per heavy atom. The highest BCUT2D eigenvalue weighted by molar-refractivity contribution is 5.62. The smallest absolute Gasteiger partial charge is 0.269 e. The molecule has 1 aliphatic heterocycles. The first-order valence-corrected chi connectivity index (χ1v) is 8.61. The van der Waals surface area contributed by atoms with Crippen molar-refractivity contribution in [2.24, 2.45) is 5.92 Å². The molecule has 0 aromatic heterocycles. The molecule has 1 heterocycles. The van der Waals surface area contributed by atoms with Gasteiger partial charge in [-0.2, -0.15) is 0 Å². The first kappa shape index (κ1) is 15.7. The van der Waals surface area contributed by atoms with Crippen molar-refractivity contribution >= 4 is 11.4 Å². The quantitative estimate of drug-likeness (QED) is 0.494. The first-order chi connectivity index (χ1) is 12.2. The van der Waals surface area contributed by atoms with Gasteiger partial charge >= 0.3 is 0 Å². The third kappa shape index (κ3) is 2.76. The van der Waals surface area contributed by atoms with Crippen LogP contribution in [0.5, 0.6) is 5.75 Å². The number of nitrogens with one attached hydrogen (secondary N) is 1. The van der Waals surface area contributed by atoms with Crippen LogP contribution in [0.15, 0.2) is 54.6 Å². The second-order valence-corrected chi connectivity index (χ2v) is 6.51. The molecule has 0 radical (unpaired) electrons. The molecular formula is C20H20N2O3. The van der Waals surface area contributed by atoms with Crippen LogP contribution in [0.3, 0.4) is 0 Å². The topological polar surface area (TPSA) is 64.4 Å². The number of anilines is 1. The monoisotopic (exact) mass is 336 g/mol. The number of rotatable bonds is 4. The van der Waals surface area contributed by atoms with Crippen LogP contribution in [0.25, 0.3) is 0 Å². The molecular weight excluding hydrogens is 316 g/mol. The van der Waals surface area contributed by atoms with Crippen molar-refractivity contribution in [1.82, 2.24) is 0 Å². The van der Waals surface area contributed by atoms with Crippen molar-refractivity contribution < 1.29 is 9.66 Å². The zero-order valence-electron chi connectivity index (χ0n) is 14.0. The molecule has 1 N–H and O–H groups in total. The van der Waals surface area contributed by atoms with Gasteiger partial charge in [-0.1, -0.05) is 24.3 Å². The van der Waals surface area contributed by atoms with Gasteiger partial charge in [-0.15, -0.1) is 0 Å². The molecule has 2 aliphatic rings. The number of hydrogen-bond donors (Lipinski definition) is 1. The fourth-order valence-electron chi connectivity index (χ4n) is 3.99. The predicted molar refractivity (Wildman–Crippen MR) is 97.1 cm³/mol. The van der Waals surface area contributed by atoms with E-state index in [1.165, 1.54) is 5.56 Å². The van der Waals surface area contributed by atoms with Crippen LogP contribution >= 0.6 is 0 Å². The van der Waals surface area contributed by atoms with Gasteiger partial charge < -0.3 is 10.1 Å². The number of ether oxygens (including phenoxy) is 1. The van der Waals surface area contributed by atoms with Crippen LogP contribution in [0, 0.1) is 16.0 Å². The van der Waals surface area contributed by atoms with Gasteiger partial charge in [0.25, 0.3) is 5.69 Å². The highest BCUT2D eigenvalue weighted by atomic mass is 16.6. The van der Waals surface area contributed by atoms with E-state index in [1.807, 2.05) is 25.1 Å². The molecule has 0 spiro atoms. The van der Waals surface area contributed by atoms with E-state index in [0.29, 0.717) is 18.4 Å². The summed E-state index contributed by atoms with van der Waals surface area (Å²) in [7, 11) is 0. The minimum atomic E-state index is -0.334. The molecule has 2 aromatic rings. The number of nitro groups is 1. The standard InChI is InChI=1S/C20H20N2O3/c1-2-25-15-9-10-19-18(12-15)16-7-4-8-17(16)20(21-19)13-5-3-6-14(11-13)22(23)24/h3-7,9-12,16-17,20-21H,2,8H2,1H3/t16?,17?,20-/m1/s1.